The van der Waals surface area contributed by atoms with Gasteiger partial charge in [0.2, 0.25) is 0 Å². The van der Waals surface area contributed by atoms with E-state index in [2.05, 4.69) is 36.1 Å². The number of piperidine rings is 1. The number of aromatic nitrogens is 4. The number of nitrogens with one attached hydrogen (secondary N) is 1. The smallest absolute Gasteiger partial charge is 0.274 e. The van der Waals surface area contributed by atoms with E-state index >= 15 is 0 Å². The minimum absolute atomic E-state index is 0.00613. The van der Waals surface area contributed by atoms with Crippen molar-refractivity contribution in [3.63, 3.8) is 0 Å². The lowest BCUT2D eigenvalue weighted by atomic mass is 9.92. The summed E-state index contributed by atoms with van der Waals surface area (Å²) < 4.78 is 1.60. The summed E-state index contributed by atoms with van der Waals surface area (Å²) >= 11 is 0. The van der Waals surface area contributed by atoms with Crippen LogP contribution >= 0.6 is 0 Å². The van der Waals surface area contributed by atoms with E-state index in [4.69, 9.17) is 0 Å². The highest BCUT2D eigenvalue weighted by atomic mass is 16.2. The zero-order valence-corrected chi connectivity index (χ0v) is 16.9. The number of amides is 1. The van der Waals surface area contributed by atoms with E-state index in [0.29, 0.717) is 37.2 Å². The number of nitrogens with zero attached hydrogens (tertiary/aromatic N) is 4. The van der Waals surface area contributed by atoms with Crippen molar-refractivity contribution < 1.29 is 4.79 Å². The zero-order chi connectivity index (χ0) is 19.9. The maximum Gasteiger partial charge on any atom is 0.274 e. The van der Waals surface area contributed by atoms with Crippen molar-refractivity contribution in [1.29, 1.82) is 0 Å². The molecule has 4 rings (SSSR count). The molecule has 1 N–H and O–H groups in total. The van der Waals surface area contributed by atoms with Crippen molar-refractivity contribution in [2.45, 2.75) is 64.3 Å². The highest BCUT2D eigenvalue weighted by Crippen LogP contribution is 2.39. The normalized spacial score (nSPS) is 18.5. The third kappa shape index (κ3) is 4.03. The van der Waals surface area contributed by atoms with Crippen LogP contribution in [0.2, 0.25) is 0 Å². The molecule has 0 spiro atoms. The fraction of sp³-hybridized carbons (Fsp3) is 0.619. The fourth-order valence-corrected chi connectivity index (χ4v) is 3.75. The van der Waals surface area contributed by atoms with Crippen molar-refractivity contribution in [3.8, 4) is 0 Å². The number of H-pyrrole nitrogens is 1. The second kappa shape index (κ2) is 7.18. The third-order valence-corrected chi connectivity index (χ3v) is 5.80. The number of hydrogen-bond donors (Lipinski definition) is 1. The molecule has 7 heteroatoms. The summed E-state index contributed by atoms with van der Waals surface area (Å²) in [5.41, 5.74) is 2.38. The van der Waals surface area contributed by atoms with Crippen molar-refractivity contribution in [2.24, 2.45) is 5.92 Å². The van der Waals surface area contributed by atoms with Gasteiger partial charge in [-0.1, -0.05) is 20.8 Å². The molecule has 1 amide bonds. The van der Waals surface area contributed by atoms with Gasteiger partial charge in [-0.3, -0.25) is 14.7 Å². The molecule has 0 unspecified atom stereocenters. The number of rotatable bonds is 4. The molecule has 28 heavy (non-hydrogen) atoms. The van der Waals surface area contributed by atoms with Crippen LogP contribution in [0.5, 0.6) is 0 Å². The van der Waals surface area contributed by atoms with Gasteiger partial charge in [-0.05, 0) is 43.7 Å². The van der Waals surface area contributed by atoms with Crippen LogP contribution in [0.1, 0.15) is 74.2 Å². The van der Waals surface area contributed by atoms with Gasteiger partial charge >= 0.3 is 0 Å². The summed E-state index contributed by atoms with van der Waals surface area (Å²) in [4.78, 5) is 26.8. The molecule has 1 aliphatic heterocycles. The van der Waals surface area contributed by atoms with E-state index < -0.39 is 0 Å². The molecule has 150 valence electrons. The van der Waals surface area contributed by atoms with Crippen LogP contribution in [0.4, 0.5) is 0 Å². The Bertz CT molecular complexity index is 911. The molecule has 3 heterocycles. The van der Waals surface area contributed by atoms with Gasteiger partial charge in [0.25, 0.3) is 11.5 Å². The molecule has 1 aliphatic carbocycles. The van der Waals surface area contributed by atoms with Gasteiger partial charge in [-0.2, -0.15) is 10.2 Å². The number of hydrogen-bond acceptors (Lipinski definition) is 4. The second-order valence-corrected chi connectivity index (χ2v) is 9.21. The Kier molecular flexibility index (Phi) is 4.85. The van der Waals surface area contributed by atoms with Gasteiger partial charge in [0, 0.05) is 42.7 Å². The molecule has 1 saturated heterocycles. The molecule has 0 atom stereocenters. The van der Waals surface area contributed by atoms with Gasteiger partial charge in [0.1, 0.15) is 5.69 Å². The first-order valence-electron chi connectivity index (χ1n) is 10.2. The molecule has 7 nitrogen and oxygen atoms in total. The SMILES string of the molecule is CC(C)(C)c1ccc(=O)n(CC2CCN(C(=O)c3cc(C4CC4)[nH]n3)CC2)n1. The van der Waals surface area contributed by atoms with Gasteiger partial charge in [0.15, 0.2) is 0 Å². The van der Waals surface area contributed by atoms with Crippen molar-refractivity contribution in [3.05, 3.63) is 45.6 Å². The molecule has 1 saturated carbocycles. The molecular weight excluding hydrogens is 354 g/mol. The van der Waals surface area contributed by atoms with Crippen LogP contribution in [0.25, 0.3) is 0 Å². The molecule has 0 bridgehead atoms. The molecule has 0 radical (unpaired) electrons. The van der Waals surface area contributed by atoms with Gasteiger partial charge in [-0.25, -0.2) is 4.68 Å². The minimum Gasteiger partial charge on any atom is -0.337 e. The average Bonchev–Trinajstić information content (AvgIpc) is 3.39. The Morgan fingerprint density at radius 3 is 2.54 bits per heavy atom. The summed E-state index contributed by atoms with van der Waals surface area (Å²) in [7, 11) is 0. The topological polar surface area (TPSA) is 83.9 Å². The van der Waals surface area contributed by atoms with Gasteiger partial charge < -0.3 is 4.90 Å². The first kappa shape index (κ1) is 18.9. The predicted molar refractivity (Wildman–Crippen MR) is 106 cm³/mol. The summed E-state index contributed by atoms with van der Waals surface area (Å²) in [6.45, 7) is 8.29. The number of carbonyl (C=O) groups excluding carboxylic acids is 1. The summed E-state index contributed by atoms with van der Waals surface area (Å²) in [6, 6.07) is 5.34. The van der Waals surface area contributed by atoms with Gasteiger partial charge in [0.05, 0.1) is 5.69 Å². The average molecular weight is 383 g/mol. The maximum absolute atomic E-state index is 12.7. The Hall–Kier alpha value is -2.44. The molecule has 0 aromatic carbocycles. The van der Waals surface area contributed by atoms with Crippen LogP contribution in [-0.4, -0.2) is 43.9 Å². The minimum atomic E-state index is -0.0892. The number of aromatic amines is 1. The van der Waals surface area contributed by atoms with Crippen LogP contribution in [0, 0.1) is 5.92 Å². The quantitative estimate of drug-likeness (QED) is 0.880. The van der Waals surface area contributed by atoms with E-state index in [0.717, 1.165) is 24.2 Å². The predicted octanol–water partition coefficient (Wildman–Crippen LogP) is 2.69. The van der Waals surface area contributed by atoms with Crippen LogP contribution in [-0.2, 0) is 12.0 Å². The van der Waals surface area contributed by atoms with Crippen molar-refractivity contribution in [1.82, 2.24) is 24.9 Å². The summed E-state index contributed by atoms with van der Waals surface area (Å²) in [5.74, 6) is 0.923. The monoisotopic (exact) mass is 383 g/mol. The van der Waals surface area contributed by atoms with Crippen molar-refractivity contribution >= 4 is 5.91 Å². The summed E-state index contributed by atoms with van der Waals surface area (Å²) in [5, 5.41) is 11.8. The molecule has 2 aliphatic rings. The Labute approximate surface area is 165 Å². The Balaban J connectivity index is 1.36. The number of likely N-dealkylation sites (tertiary alicyclic amines) is 1. The highest BCUT2D eigenvalue weighted by molar-refractivity contribution is 5.92. The van der Waals surface area contributed by atoms with Crippen LogP contribution in [0.3, 0.4) is 0 Å². The zero-order valence-electron chi connectivity index (χ0n) is 16.9. The lowest BCUT2D eigenvalue weighted by Gasteiger charge is -2.31. The van der Waals surface area contributed by atoms with E-state index in [9.17, 15) is 9.59 Å². The maximum atomic E-state index is 12.7. The molecular formula is C21H29N5O2. The Morgan fingerprint density at radius 2 is 1.89 bits per heavy atom. The lowest BCUT2D eigenvalue weighted by molar-refractivity contribution is 0.0674. The van der Waals surface area contributed by atoms with E-state index in [1.54, 1.807) is 10.7 Å². The lowest BCUT2D eigenvalue weighted by Crippen LogP contribution is -2.40. The van der Waals surface area contributed by atoms with E-state index in [1.807, 2.05) is 17.0 Å². The molecule has 2 aromatic heterocycles. The van der Waals surface area contributed by atoms with Gasteiger partial charge in [-0.15, -0.1) is 0 Å². The highest BCUT2D eigenvalue weighted by Gasteiger charge is 2.29. The number of carbonyl (C=O) groups is 1. The van der Waals surface area contributed by atoms with Crippen LogP contribution in [0.15, 0.2) is 23.0 Å². The Morgan fingerprint density at radius 1 is 1.18 bits per heavy atom. The molecule has 2 aromatic rings. The third-order valence-electron chi connectivity index (χ3n) is 5.80. The van der Waals surface area contributed by atoms with E-state index in [1.165, 1.54) is 12.8 Å². The second-order valence-electron chi connectivity index (χ2n) is 9.21. The van der Waals surface area contributed by atoms with Crippen LogP contribution < -0.4 is 5.56 Å². The first-order chi connectivity index (χ1) is 13.3. The fourth-order valence-electron chi connectivity index (χ4n) is 3.75. The first-order valence-corrected chi connectivity index (χ1v) is 10.2. The largest absolute Gasteiger partial charge is 0.337 e. The summed E-state index contributed by atoms with van der Waals surface area (Å²) in [6.07, 6.45) is 4.12. The molecule has 2 fully saturated rings. The van der Waals surface area contributed by atoms with E-state index in [-0.39, 0.29) is 16.9 Å². The standard InChI is InChI=1S/C21H29N5O2/c1-21(2,3)18-6-7-19(27)26(24-18)13-14-8-10-25(11-9-14)20(28)17-12-16(22-23-17)15-4-5-15/h6-7,12,14-15H,4-5,8-11,13H2,1-3H3,(H,22,23). The van der Waals surface area contributed by atoms with Crippen molar-refractivity contribution in [2.75, 3.05) is 13.1 Å².